The molecule has 0 N–H and O–H groups in total. The fourth-order valence-electron chi connectivity index (χ4n) is 3.75. The third-order valence-corrected chi connectivity index (χ3v) is 5.58. The molecular formula is C27H35N3O4. The molecule has 0 amide bonds. The van der Waals surface area contributed by atoms with Gasteiger partial charge in [0.1, 0.15) is 11.6 Å². The Kier molecular flexibility index (Phi) is 8.31. The molecule has 0 fully saturated rings. The van der Waals surface area contributed by atoms with Crippen LogP contribution in [0.25, 0.3) is 0 Å². The van der Waals surface area contributed by atoms with E-state index in [1.165, 1.54) is 5.56 Å². The Morgan fingerprint density at radius 3 is 2.44 bits per heavy atom. The van der Waals surface area contributed by atoms with Gasteiger partial charge < -0.3 is 9.47 Å². The summed E-state index contributed by atoms with van der Waals surface area (Å²) >= 11 is 0. The number of benzene rings is 2. The third kappa shape index (κ3) is 6.37. The second kappa shape index (κ2) is 11.2. The molecule has 0 aliphatic heterocycles. The highest BCUT2D eigenvalue weighted by Crippen LogP contribution is 2.21. The standard InChI is InChI=1S/C27H35N3O4/c1-6-17-29-24(28-30(26(29)32)19-22-13-11-20(3)12-14-22)16-15-21-9-8-10-23(18-21)34-27(4,5)25(31)33-7-2/h8-14,18H,6-7,15-17,19H2,1-5H3. The number of hydrogen-bond acceptors (Lipinski definition) is 5. The van der Waals surface area contributed by atoms with E-state index in [9.17, 15) is 9.59 Å². The monoisotopic (exact) mass is 465 g/mol. The first kappa shape index (κ1) is 25.3. The van der Waals surface area contributed by atoms with Crippen LogP contribution in [-0.4, -0.2) is 32.5 Å². The normalized spacial score (nSPS) is 11.4. The zero-order valence-corrected chi connectivity index (χ0v) is 20.8. The second-order valence-electron chi connectivity index (χ2n) is 8.97. The fourth-order valence-corrected chi connectivity index (χ4v) is 3.75. The van der Waals surface area contributed by atoms with E-state index in [1.807, 2.05) is 55.5 Å². The zero-order chi connectivity index (χ0) is 24.7. The van der Waals surface area contributed by atoms with Gasteiger partial charge in [0.05, 0.1) is 13.2 Å². The molecule has 0 radical (unpaired) electrons. The summed E-state index contributed by atoms with van der Waals surface area (Å²) in [6, 6.07) is 15.8. The second-order valence-corrected chi connectivity index (χ2v) is 8.97. The summed E-state index contributed by atoms with van der Waals surface area (Å²) in [6.07, 6.45) is 2.18. The Balaban J connectivity index is 1.74. The van der Waals surface area contributed by atoms with Crippen LogP contribution in [-0.2, 0) is 35.5 Å². The third-order valence-electron chi connectivity index (χ3n) is 5.58. The Morgan fingerprint density at radius 2 is 1.76 bits per heavy atom. The summed E-state index contributed by atoms with van der Waals surface area (Å²) in [5.74, 6) is 0.978. The zero-order valence-electron chi connectivity index (χ0n) is 20.8. The van der Waals surface area contributed by atoms with Crippen LogP contribution in [0, 0.1) is 6.92 Å². The highest BCUT2D eigenvalue weighted by atomic mass is 16.6. The molecular weight excluding hydrogens is 430 g/mol. The number of rotatable bonds is 11. The van der Waals surface area contributed by atoms with Crippen molar-refractivity contribution in [2.24, 2.45) is 0 Å². The van der Waals surface area contributed by atoms with Crippen molar-refractivity contribution in [2.45, 2.75) is 72.6 Å². The SMILES string of the molecule is CCCn1c(CCc2cccc(OC(C)(C)C(=O)OCC)c2)nn(Cc2ccc(C)cc2)c1=O. The lowest BCUT2D eigenvalue weighted by Gasteiger charge is -2.24. The molecule has 0 bridgehead atoms. The number of aromatic nitrogens is 3. The van der Waals surface area contributed by atoms with Crippen molar-refractivity contribution < 1.29 is 14.3 Å². The fraction of sp³-hybridized carbons (Fsp3) is 0.444. The van der Waals surface area contributed by atoms with Crippen molar-refractivity contribution in [3.05, 3.63) is 81.5 Å². The van der Waals surface area contributed by atoms with Crippen molar-refractivity contribution in [1.29, 1.82) is 0 Å². The summed E-state index contributed by atoms with van der Waals surface area (Å²) in [5.41, 5.74) is 2.12. The number of hydrogen-bond donors (Lipinski definition) is 0. The smallest absolute Gasteiger partial charge is 0.349 e. The van der Waals surface area contributed by atoms with E-state index in [0.717, 1.165) is 23.4 Å². The molecule has 3 rings (SSSR count). The molecule has 1 aromatic heterocycles. The molecule has 182 valence electrons. The number of ether oxygens (including phenoxy) is 2. The predicted octanol–water partition coefficient (Wildman–Crippen LogP) is 4.32. The molecule has 0 aliphatic rings. The van der Waals surface area contributed by atoms with Crippen LogP contribution >= 0.6 is 0 Å². The average molecular weight is 466 g/mol. The molecule has 0 saturated heterocycles. The molecule has 0 spiro atoms. The first-order valence-electron chi connectivity index (χ1n) is 11.9. The highest BCUT2D eigenvalue weighted by Gasteiger charge is 2.31. The molecule has 0 unspecified atom stereocenters. The van der Waals surface area contributed by atoms with Crippen LogP contribution in [0.1, 0.15) is 56.6 Å². The number of carbonyl (C=O) groups is 1. The Hall–Kier alpha value is -3.35. The van der Waals surface area contributed by atoms with E-state index in [1.54, 1.807) is 30.0 Å². The predicted molar refractivity (Wildman–Crippen MR) is 132 cm³/mol. The van der Waals surface area contributed by atoms with E-state index in [-0.39, 0.29) is 5.69 Å². The largest absolute Gasteiger partial charge is 0.476 e. The summed E-state index contributed by atoms with van der Waals surface area (Å²) in [5, 5.41) is 4.66. The summed E-state index contributed by atoms with van der Waals surface area (Å²) in [4.78, 5) is 25.1. The molecule has 0 aliphatic carbocycles. The van der Waals surface area contributed by atoms with Crippen molar-refractivity contribution in [2.75, 3.05) is 6.61 Å². The van der Waals surface area contributed by atoms with Crippen LogP contribution in [0.2, 0.25) is 0 Å². The van der Waals surface area contributed by atoms with Crippen LogP contribution in [0.5, 0.6) is 5.75 Å². The summed E-state index contributed by atoms with van der Waals surface area (Å²) < 4.78 is 14.4. The lowest BCUT2D eigenvalue weighted by Crippen LogP contribution is -2.39. The first-order valence-corrected chi connectivity index (χ1v) is 11.9. The van der Waals surface area contributed by atoms with Gasteiger partial charge in [-0.1, -0.05) is 48.9 Å². The molecule has 34 heavy (non-hydrogen) atoms. The van der Waals surface area contributed by atoms with Gasteiger partial charge in [0.25, 0.3) is 0 Å². The van der Waals surface area contributed by atoms with Gasteiger partial charge in [-0.3, -0.25) is 4.57 Å². The molecule has 0 saturated carbocycles. The van der Waals surface area contributed by atoms with E-state index in [0.29, 0.717) is 38.3 Å². The molecule has 2 aromatic carbocycles. The molecule has 7 heteroatoms. The van der Waals surface area contributed by atoms with Crippen molar-refractivity contribution in [3.8, 4) is 5.75 Å². The van der Waals surface area contributed by atoms with Crippen molar-refractivity contribution in [1.82, 2.24) is 14.3 Å². The molecule has 0 atom stereocenters. The topological polar surface area (TPSA) is 75.3 Å². The van der Waals surface area contributed by atoms with Gasteiger partial charge in [0.15, 0.2) is 5.60 Å². The van der Waals surface area contributed by atoms with Gasteiger partial charge in [-0.25, -0.2) is 14.3 Å². The number of carbonyl (C=O) groups excluding carboxylic acids is 1. The van der Waals surface area contributed by atoms with Gasteiger partial charge in [-0.05, 0) is 63.8 Å². The number of esters is 1. The van der Waals surface area contributed by atoms with Crippen molar-refractivity contribution >= 4 is 5.97 Å². The average Bonchev–Trinajstić information content (AvgIpc) is 3.09. The summed E-state index contributed by atoms with van der Waals surface area (Å²) in [6.45, 7) is 10.7. The minimum Gasteiger partial charge on any atom is -0.476 e. The number of aryl methyl sites for hydroxylation is 3. The number of nitrogens with zero attached hydrogens (tertiary/aromatic N) is 3. The Labute approximate surface area is 201 Å². The van der Waals surface area contributed by atoms with Gasteiger partial charge in [-0.2, -0.15) is 5.10 Å². The van der Waals surface area contributed by atoms with Crippen LogP contribution in [0.4, 0.5) is 0 Å². The van der Waals surface area contributed by atoms with E-state index >= 15 is 0 Å². The molecule has 7 nitrogen and oxygen atoms in total. The minimum atomic E-state index is -1.08. The van der Waals surface area contributed by atoms with E-state index < -0.39 is 11.6 Å². The lowest BCUT2D eigenvalue weighted by atomic mass is 10.1. The maximum atomic E-state index is 13.0. The Bertz CT molecular complexity index is 1160. The van der Waals surface area contributed by atoms with E-state index in [2.05, 4.69) is 12.0 Å². The highest BCUT2D eigenvalue weighted by molar-refractivity contribution is 5.79. The lowest BCUT2D eigenvalue weighted by molar-refractivity contribution is -0.158. The maximum absolute atomic E-state index is 13.0. The summed E-state index contributed by atoms with van der Waals surface area (Å²) in [7, 11) is 0. The maximum Gasteiger partial charge on any atom is 0.349 e. The van der Waals surface area contributed by atoms with Gasteiger partial charge in [-0.15, -0.1) is 0 Å². The molecule has 3 aromatic rings. The quantitative estimate of drug-likeness (QED) is 0.394. The van der Waals surface area contributed by atoms with E-state index in [4.69, 9.17) is 9.47 Å². The van der Waals surface area contributed by atoms with Crippen molar-refractivity contribution in [3.63, 3.8) is 0 Å². The Morgan fingerprint density at radius 1 is 1.03 bits per heavy atom. The minimum absolute atomic E-state index is 0.0781. The van der Waals surface area contributed by atoms with Crippen LogP contribution in [0.15, 0.2) is 53.3 Å². The first-order chi connectivity index (χ1) is 16.2. The van der Waals surface area contributed by atoms with Gasteiger partial charge in [0, 0.05) is 13.0 Å². The van der Waals surface area contributed by atoms with Gasteiger partial charge in [0.2, 0.25) is 0 Å². The van der Waals surface area contributed by atoms with Crippen LogP contribution in [0.3, 0.4) is 0 Å². The van der Waals surface area contributed by atoms with Crippen LogP contribution < -0.4 is 10.4 Å². The van der Waals surface area contributed by atoms with Gasteiger partial charge >= 0.3 is 11.7 Å². The molecule has 1 heterocycles.